The first kappa shape index (κ1) is 22.3. The van der Waals surface area contributed by atoms with Gasteiger partial charge in [-0.25, -0.2) is 0 Å². The predicted molar refractivity (Wildman–Crippen MR) is 117 cm³/mol. The third kappa shape index (κ3) is 6.31. The molecule has 1 aromatic carbocycles. The van der Waals surface area contributed by atoms with Crippen molar-refractivity contribution in [3.63, 3.8) is 0 Å². The van der Waals surface area contributed by atoms with E-state index in [1.165, 1.54) is 32.1 Å². The van der Waals surface area contributed by atoms with Crippen LogP contribution < -0.4 is 10.6 Å². The first-order valence-corrected chi connectivity index (χ1v) is 11.4. The summed E-state index contributed by atoms with van der Waals surface area (Å²) >= 11 is 0. The summed E-state index contributed by atoms with van der Waals surface area (Å²) in [4.78, 5) is 38.7. The van der Waals surface area contributed by atoms with Crippen molar-refractivity contribution in [2.75, 3.05) is 19.6 Å². The molecule has 0 radical (unpaired) electrons. The van der Waals surface area contributed by atoms with Gasteiger partial charge in [-0.15, -0.1) is 0 Å². The van der Waals surface area contributed by atoms with Crippen molar-refractivity contribution >= 4 is 17.7 Å². The van der Waals surface area contributed by atoms with E-state index in [0.29, 0.717) is 32.0 Å². The lowest BCUT2D eigenvalue weighted by Crippen LogP contribution is -2.38. The molecule has 2 fully saturated rings. The summed E-state index contributed by atoms with van der Waals surface area (Å²) in [6.07, 6.45) is 8.22. The smallest absolute Gasteiger partial charge is 0.225 e. The fraction of sp³-hybridized carbons (Fsp3) is 0.625. The van der Waals surface area contributed by atoms with E-state index in [2.05, 4.69) is 10.6 Å². The molecule has 1 aromatic rings. The summed E-state index contributed by atoms with van der Waals surface area (Å²) < 4.78 is 0. The number of carbonyl (C=O) groups excluding carboxylic acids is 3. The van der Waals surface area contributed by atoms with E-state index < -0.39 is 0 Å². The molecule has 0 spiro atoms. The number of nitrogens with one attached hydrogen (secondary N) is 2. The molecule has 6 heteroatoms. The molecule has 164 valence electrons. The van der Waals surface area contributed by atoms with Crippen LogP contribution in [0.5, 0.6) is 0 Å². The molecule has 1 aliphatic heterocycles. The zero-order valence-electron chi connectivity index (χ0n) is 18.1. The molecule has 2 N–H and O–H groups in total. The largest absolute Gasteiger partial charge is 0.354 e. The molecule has 2 aliphatic rings. The van der Waals surface area contributed by atoms with Crippen molar-refractivity contribution < 1.29 is 14.4 Å². The maximum absolute atomic E-state index is 12.5. The number of hydrogen-bond acceptors (Lipinski definition) is 3. The van der Waals surface area contributed by atoms with Gasteiger partial charge in [0.2, 0.25) is 17.7 Å². The minimum atomic E-state index is -0.328. The second kappa shape index (κ2) is 11.1. The maximum Gasteiger partial charge on any atom is 0.225 e. The van der Waals surface area contributed by atoms with Crippen LogP contribution in [0.3, 0.4) is 0 Å². The van der Waals surface area contributed by atoms with Crippen molar-refractivity contribution in [3.8, 4) is 0 Å². The highest BCUT2D eigenvalue weighted by Crippen LogP contribution is 2.28. The molecular weight excluding hydrogens is 378 g/mol. The van der Waals surface area contributed by atoms with Gasteiger partial charge in [-0.3, -0.25) is 14.4 Å². The highest BCUT2D eigenvalue weighted by Gasteiger charge is 2.36. The number of nitrogens with zero attached hydrogens (tertiary/aromatic N) is 1. The highest BCUT2D eigenvalue weighted by atomic mass is 16.2. The SMILES string of the molecule is CC(c1ccccc1)N1CC(C(=O)NCCNC(=O)CCC2CCCCC2)CC1=O. The Morgan fingerprint density at radius 3 is 2.50 bits per heavy atom. The van der Waals surface area contributed by atoms with Gasteiger partial charge in [-0.05, 0) is 24.8 Å². The van der Waals surface area contributed by atoms with Crippen LogP contribution in [0.2, 0.25) is 0 Å². The zero-order chi connectivity index (χ0) is 21.3. The van der Waals surface area contributed by atoms with Gasteiger partial charge in [0.1, 0.15) is 0 Å². The van der Waals surface area contributed by atoms with E-state index in [1.54, 1.807) is 4.90 Å². The molecule has 1 saturated carbocycles. The van der Waals surface area contributed by atoms with Crippen molar-refractivity contribution in [2.45, 2.75) is 64.3 Å². The lowest BCUT2D eigenvalue weighted by atomic mass is 9.86. The Kier molecular flexibility index (Phi) is 8.29. The van der Waals surface area contributed by atoms with E-state index in [-0.39, 0.29) is 36.1 Å². The number of hydrogen-bond donors (Lipinski definition) is 2. The molecule has 1 saturated heterocycles. The van der Waals surface area contributed by atoms with Crippen molar-refractivity contribution in [1.82, 2.24) is 15.5 Å². The average molecular weight is 414 g/mol. The third-order valence-electron chi connectivity index (χ3n) is 6.53. The summed E-state index contributed by atoms with van der Waals surface area (Å²) in [5.41, 5.74) is 1.07. The molecule has 30 heavy (non-hydrogen) atoms. The zero-order valence-corrected chi connectivity index (χ0v) is 18.1. The molecule has 3 amide bonds. The molecule has 6 nitrogen and oxygen atoms in total. The average Bonchev–Trinajstić information content (AvgIpc) is 3.17. The van der Waals surface area contributed by atoms with Crippen LogP contribution in [0.15, 0.2) is 30.3 Å². The quantitative estimate of drug-likeness (QED) is 0.610. The lowest BCUT2D eigenvalue weighted by Gasteiger charge is -2.25. The van der Waals surface area contributed by atoms with Crippen molar-refractivity contribution in [2.24, 2.45) is 11.8 Å². The summed E-state index contributed by atoms with van der Waals surface area (Å²) in [7, 11) is 0. The fourth-order valence-electron chi connectivity index (χ4n) is 4.62. The molecule has 1 heterocycles. The molecule has 1 aliphatic carbocycles. The number of carbonyl (C=O) groups is 3. The minimum Gasteiger partial charge on any atom is -0.354 e. The topological polar surface area (TPSA) is 78.5 Å². The Balaban J connectivity index is 1.33. The van der Waals surface area contributed by atoms with Crippen LogP contribution in [0.4, 0.5) is 0 Å². The van der Waals surface area contributed by atoms with Gasteiger partial charge in [-0.1, -0.05) is 62.4 Å². The van der Waals surface area contributed by atoms with Crippen LogP contribution >= 0.6 is 0 Å². The third-order valence-corrected chi connectivity index (χ3v) is 6.53. The summed E-state index contributed by atoms with van der Waals surface area (Å²) in [5, 5.41) is 5.77. The first-order chi connectivity index (χ1) is 14.5. The van der Waals surface area contributed by atoms with Crippen molar-refractivity contribution in [1.29, 1.82) is 0 Å². The fourth-order valence-corrected chi connectivity index (χ4v) is 4.62. The van der Waals surface area contributed by atoms with E-state index in [9.17, 15) is 14.4 Å². The molecule has 0 aromatic heterocycles. The normalized spacial score (nSPS) is 20.8. The van der Waals surface area contributed by atoms with Crippen LogP contribution in [0, 0.1) is 11.8 Å². The minimum absolute atomic E-state index is 0.0162. The van der Waals surface area contributed by atoms with Gasteiger partial charge in [0.15, 0.2) is 0 Å². The van der Waals surface area contributed by atoms with Crippen LogP contribution in [-0.4, -0.2) is 42.3 Å². The summed E-state index contributed by atoms with van der Waals surface area (Å²) in [5.74, 6) is 0.342. The van der Waals surface area contributed by atoms with Gasteiger partial charge < -0.3 is 15.5 Å². The van der Waals surface area contributed by atoms with Gasteiger partial charge in [0.25, 0.3) is 0 Å². The highest BCUT2D eigenvalue weighted by molar-refractivity contribution is 5.89. The van der Waals surface area contributed by atoms with Crippen molar-refractivity contribution in [3.05, 3.63) is 35.9 Å². The Morgan fingerprint density at radius 1 is 1.07 bits per heavy atom. The van der Waals surface area contributed by atoms with E-state index in [0.717, 1.165) is 12.0 Å². The van der Waals surface area contributed by atoms with Crippen LogP contribution in [0.25, 0.3) is 0 Å². The Hall–Kier alpha value is -2.37. The molecule has 2 atom stereocenters. The standard InChI is InChI=1S/C24H35N3O3/c1-18(20-10-6-3-7-11-20)27-17-21(16-23(27)29)24(30)26-15-14-25-22(28)13-12-19-8-4-2-5-9-19/h3,6-7,10-11,18-19,21H,2,4-5,8-9,12-17H2,1H3,(H,25,28)(H,26,30). The van der Waals surface area contributed by atoms with E-state index >= 15 is 0 Å². The first-order valence-electron chi connectivity index (χ1n) is 11.4. The van der Waals surface area contributed by atoms with Gasteiger partial charge >= 0.3 is 0 Å². The number of benzene rings is 1. The van der Waals surface area contributed by atoms with Gasteiger partial charge in [-0.2, -0.15) is 0 Å². The Labute approximate surface area is 179 Å². The maximum atomic E-state index is 12.5. The van der Waals surface area contributed by atoms with Crippen LogP contribution in [-0.2, 0) is 14.4 Å². The molecular formula is C24H35N3O3. The van der Waals surface area contributed by atoms with Gasteiger partial charge in [0.05, 0.1) is 12.0 Å². The molecule has 3 rings (SSSR count). The van der Waals surface area contributed by atoms with E-state index in [4.69, 9.17) is 0 Å². The molecule has 0 bridgehead atoms. The van der Waals surface area contributed by atoms with Crippen LogP contribution in [0.1, 0.15) is 69.9 Å². The summed E-state index contributed by atoms with van der Waals surface area (Å²) in [6, 6.07) is 9.83. The predicted octanol–water partition coefficient (Wildman–Crippen LogP) is 3.19. The summed E-state index contributed by atoms with van der Waals surface area (Å²) in [6.45, 7) is 3.26. The van der Waals surface area contributed by atoms with E-state index in [1.807, 2.05) is 37.3 Å². The monoisotopic (exact) mass is 413 g/mol. The molecule has 2 unspecified atom stereocenters. The lowest BCUT2D eigenvalue weighted by molar-refractivity contribution is -0.130. The number of likely N-dealkylation sites (tertiary alicyclic amines) is 1. The Bertz CT molecular complexity index is 716. The van der Waals surface area contributed by atoms with Gasteiger partial charge in [0, 0.05) is 32.5 Å². The number of amides is 3. The number of rotatable bonds is 9. The Morgan fingerprint density at radius 2 is 1.77 bits per heavy atom. The second-order valence-electron chi connectivity index (χ2n) is 8.72. The second-order valence-corrected chi connectivity index (χ2v) is 8.72.